The zero-order valence-electron chi connectivity index (χ0n) is 11.0. The van der Waals surface area contributed by atoms with Crippen LogP contribution >= 0.6 is 0 Å². The Labute approximate surface area is 99.0 Å². The van der Waals surface area contributed by atoms with Crippen LogP contribution in [0.15, 0.2) is 12.3 Å². The van der Waals surface area contributed by atoms with Gasteiger partial charge in [-0.3, -0.25) is 4.68 Å². The fraction of sp³-hybridized carbons (Fsp3) is 0.769. The van der Waals surface area contributed by atoms with Gasteiger partial charge in [-0.1, -0.05) is 20.8 Å². The molecule has 1 rings (SSSR count). The van der Waals surface area contributed by atoms with Gasteiger partial charge in [-0.2, -0.15) is 5.10 Å². The van der Waals surface area contributed by atoms with E-state index in [-0.39, 0.29) is 5.54 Å². The average molecular weight is 223 g/mol. The molecule has 0 aliphatic rings. The zero-order valence-corrected chi connectivity index (χ0v) is 11.0. The van der Waals surface area contributed by atoms with Crippen LogP contribution in [0.5, 0.6) is 0 Å². The predicted molar refractivity (Wildman–Crippen MR) is 68.4 cm³/mol. The molecule has 1 aromatic heterocycles. The largest absolute Gasteiger partial charge is 0.325 e. The average Bonchev–Trinajstić information content (AvgIpc) is 2.68. The van der Waals surface area contributed by atoms with E-state index in [4.69, 9.17) is 5.73 Å². The third kappa shape index (κ3) is 3.34. The van der Waals surface area contributed by atoms with Crippen molar-refractivity contribution >= 4 is 0 Å². The molecular formula is C13H25N3. The minimum absolute atomic E-state index is 0.132. The van der Waals surface area contributed by atoms with Crippen molar-refractivity contribution < 1.29 is 0 Å². The molecule has 0 saturated heterocycles. The normalized spacial score (nSPS) is 15.4. The molecule has 3 nitrogen and oxygen atoms in total. The highest BCUT2D eigenvalue weighted by Gasteiger charge is 2.18. The van der Waals surface area contributed by atoms with Gasteiger partial charge in [0.1, 0.15) is 0 Å². The van der Waals surface area contributed by atoms with E-state index in [2.05, 4.69) is 49.7 Å². The Bertz CT molecular complexity index is 311. The number of nitrogens with zero attached hydrogens (tertiary/aromatic N) is 2. The standard InChI is InChI=1S/C13H25N3/c1-5-12(6-2)16-9-8-11(15-16)10-13(4,14)7-3/h8-9,12H,5-7,10,14H2,1-4H3. The van der Waals surface area contributed by atoms with Crippen LogP contribution in [0.4, 0.5) is 0 Å². The van der Waals surface area contributed by atoms with Crippen LogP contribution in [-0.4, -0.2) is 15.3 Å². The second-order valence-electron chi connectivity index (χ2n) is 4.94. The second-order valence-corrected chi connectivity index (χ2v) is 4.94. The summed E-state index contributed by atoms with van der Waals surface area (Å²) in [6.07, 6.45) is 6.18. The first-order valence-electron chi connectivity index (χ1n) is 6.35. The van der Waals surface area contributed by atoms with Crippen molar-refractivity contribution in [1.29, 1.82) is 0 Å². The summed E-state index contributed by atoms with van der Waals surface area (Å²) in [5.74, 6) is 0. The summed E-state index contributed by atoms with van der Waals surface area (Å²) in [7, 11) is 0. The molecule has 2 N–H and O–H groups in total. The maximum Gasteiger partial charge on any atom is 0.0642 e. The fourth-order valence-electron chi connectivity index (χ4n) is 1.88. The summed E-state index contributed by atoms with van der Waals surface area (Å²) in [5.41, 5.74) is 7.13. The lowest BCUT2D eigenvalue weighted by Gasteiger charge is -2.21. The molecule has 0 saturated carbocycles. The summed E-state index contributed by atoms with van der Waals surface area (Å²) >= 11 is 0. The molecule has 0 amide bonds. The lowest BCUT2D eigenvalue weighted by atomic mass is 9.94. The van der Waals surface area contributed by atoms with Crippen molar-refractivity contribution in [1.82, 2.24) is 9.78 Å². The number of rotatable bonds is 6. The van der Waals surface area contributed by atoms with Gasteiger partial charge in [0, 0.05) is 18.2 Å². The molecule has 0 aliphatic heterocycles. The van der Waals surface area contributed by atoms with Crippen LogP contribution in [0.2, 0.25) is 0 Å². The van der Waals surface area contributed by atoms with Crippen LogP contribution in [0.25, 0.3) is 0 Å². The highest BCUT2D eigenvalue weighted by atomic mass is 15.3. The molecule has 1 heterocycles. The molecule has 1 unspecified atom stereocenters. The maximum absolute atomic E-state index is 6.15. The van der Waals surface area contributed by atoms with E-state index in [1.807, 2.05) is 0 Å². The molecule has 0 spiro atoms. The van der Waals surface area contributed by atoms with E-state index in [0.717, 1.165) is 31.4 Å². The third-order valence-electron chi connectivity index (χ3n) is 3.37. The van der Waals surface area contributed by atoms with E-state index >= 15 is 0 Å². The summed E-state index contributed by atoms with van der Waals surface area (Å²) in [6, 6.07) is 2.62. The van der Waals surface area contributed by atoms with Gasteiger partial charge in [0.05, 0.1) is 11.7 Å². The number of aromatic nitrogens is 2. The Morgan fingerprint density at radius 3 is 2.50 bits per heavy atom. The van der Waals surface area contributed by atoms with Crippen molar-refractivity contribution in [3.63, 3.8) is 0 Å². The van der Waals surface area contributed by atoms with E-state index in [1.54, 1.807) is 0 Å². The van der Waals surface area contributed by atoms with Crippen LogP contribution in [0.3, 0.4) is 0 Å². The monoisotopic (exact) mass is 223 g/mol. The quantitative estimate of drug-likeness (QED) is 0.806. The summed E-state index contributed by atoms with van der Waals surface area (Å²) in [4.78, 5) is 0. The lowest BCUT2D eigenvalue weighted by Crippen LogP contribution is -2.37. The zero-order chi connectivity index (χ0) is 12.2. The predicted octanol–water partition coefficient (Wildman–Crippen LogP) is 2.91. The summed E-state index contributed by atoms with van der Waals surface area (Å²) in [5, 5.41) is 4.62. The molecule has 0 bridgehead atoms. The SMILES string of the molecule is CCC(CC)n1ccc(CC(C)(N)CC)n1. The molecule has 0 aliphatic carbocycles. The Hall–Kier alpha value is -0.830. The molecule has 0 fully saturated rings. The lowest BCUT2D eigenvalue weighted by molar-refractivity contribution is 0.411. The van der Waals surface area contributed by atoms with Gasteiger partial charge in [0.25, 0.3) is 0 Å². The molecule has 1 aromatic rings. The maximum atomic E-state index is 6.15. The molecule has 0 radical (unpaired) electrons. The van der Waals surface area contributed by atoms with Crippen molar-refractivity contribution in [3.05, 3.63) is 18.0 Å². The van der Waals surface area contributed by atoms with Gasteiger partial charge in [0.15, 0.2) is 0 Å². The van der Waals surface area contributed by atoms with E-state index in [0.29, 0.717) is 6.04 Å². The van der Waals surface area contributed by atoms with Crippen molar-refractivity contribution in [2.45, 2.75) is 65.0 Å². The first-order valence-corrected chi connectivity index (χ1v) is 6.35. The first kappa shape index (κ1) is 13.2. The Morgan fingerprint density at radius 2 is 2.00 bits per heavy atom. The highest BCUT2D eigenvalue weighted by Crippen LogP contribution is 2.17. The van der Waals surface area contributed by atoms with Crippen molar-refractivity contribution in [3.8, 4) is 0 Å². The van der Waals surface area contributed by atoms with Gasteiger partial charge >= 0.3 is 0 Å². The smallest absolute Gasteiger partial charge is 0.0642 e. The topological polar surface area (TPSA) is 43.8 Å². The Balaban J connectivity index is 2.71. The Kier molecular flexibility index (Phi) is 4.54. The van der Waals surface area contributed by atoms with Crippen LogP contribution in [0, 0.1) is 0 Å². The van der Waals surface area contributed by atoms with Crippen LogP contribution < -0.4 is 5.73 Å². The number of hydrogen-bond donors (Lipinski definition) is 1. The van der Waals surface area contributed by atoms with Gasteiger partial charge < -0.3 is 5.73 Å². The molecule has 16 heavy (non-hydrogen) atoms. The minimum atomic E-state index is -0.132. The van der Waals surface area contributed by atoms with E-state index in [1.165, 1.54) is 0 Å². The molecule has 1 atom stereocenters. The number of hydrogen-bond acceptors (Lipinski definition) is 2. The summed E-state index contributed by atoms with van der Waals surface area (Å²) in [6.45, 7) is 8.62. The van der Waals surface area contributed by atoms with Gasteiger partial charge in [-0.15, -0.1) is 0 Å². The van der Waals surface area contributed by atoms with Crippen LogP contribution in [-0.2, 0) is 6.42 Å². The molecule has 92 valence electrons. The third-order valence-corrected chi connectivity index (χ3v) is 3.37. The first-order chi connectivity index (χ1) is 7.52. The molecule has 0 aromatic carbocycles. The van der Waals surface area contributed by atoms with Crippen LogP contribution in [0.1, 0.15) is 58.7 Å². The molecule has 3 heteroatoms. The highest BCUT2D eigenvalue weighted by molar-refractivity contribution is 5.04. The Morgan fingerprint density at radius 1 is 1.38 bits per heavy atom. The summed E-state index contributed by atoms with van der Waals surface area (Å²) < 4.78 is 2.08. The van der Waals surface area contributed by atoms with Crippen molar-refractivity contribution in [2.75, 3.05) is 0 Å². The molecular weight excluding hydrogens is 198 g/mol. The van der Waals surface area contributed by atoms with Gasteiger partial charge in [0.2, 0.25) is 0 Å². The second kappa shape index (κ2) is 5.48. The van der Waals surface area contributed by atoms with E-state index in [9.17, 15) is 0 Å². The minimum Gasteiger partial charge on any atom is -0.325 e. The van der Waals surface area contributed by atoms with E-state index < -0.39 is 0 Å². The fourth-order valence-corrected chi connectivity index (χ4v) is 1.88. The van der Waals surface area contributed by atoms with Crippen molar-refractivity contribution in [2.24, 2.45) is 5.73 Å². The van der Waals surface area contributed by atoms with Gasteiger partial charge in [-0.25, -0.2) is 0 Å². The van der Waals surface area contributed by atoms with Gasteiger partial charge in [-0.05, 0) is 32.3 Å². The number of nitrogens with two attached hydrogens (primary N) is 1.